The van der Waals surface area contributed by atoms with E-state index in [0.29, 0.717) is 10.8 Å². The van der Waals surface area contributed by atoms with E-state index in [1.807, 2.05) is 6.07 Å². The lowest BCUT2D eigenvalue weighted by molar-refractivity contribution is -0.644. The van der Waals surface area contributed by atoms with Gasteiger partial charge in [-0.3, -0.25) is 0 Å². The van der Waals surface area contributed by atoms with Crippen molar-refractivity contribution in [3.8, 4) is 6.07 Å². The average Bonchev–Trinajstić information content (AvgIpc) is 1.99. The minimum Gasteiger partial charge on any atom is -0.204 e. The van der Waals surface area contributed by atoms with Crippen molar-refractivity contribution in [2.75, 3.05) is 5.84 Å². The Morgan fingerprint density at radius 2 is 2.36 bits per heavy atom. The van der Waals surface area contributed by atoms with E-state index in [1.54, 1.807) is 18.2 Å². The Labute approximate surface area is 69.6 Å². The van der Waals surface area contributed by atoms with Crippen molar-refractivity contribution < 1.29 is 4.68 Å². The number of aromatic nitrogens is 1. The number of nitrogens with zero attached hydrogens (tertiary/aromatic N) is 2. The highest BCUT2D eigenvalue weighted by Gasteiger charge is 2.10. The van der Waals surface area contributed by atoms with Gasteiger partial charge in [0, 0.05) is 12.1 Å². The molecular formula is C7H7ClN3+. The van der Waals surface area contributed by atoms with Crippen LogP contribution in [0.2, 0.25) is 5.15 Å². The van der Waals surface area contributed by atoms with Crippen LogP contribution in [0.25, 0.3) is 0 Å². The lowest BCUT2D eigenvalue weighted by Crippen LogP contribution is -2.49. The molecule has 0 spiro atoms. The predicted octanol–water partition coefficient (Wildman–Crippen LogP) is 0.407. The summed E-state index contributed by atoms with van der Waals surface area (Å²) in [5, 5.41) is 8.80. The van der Waals surface area contributed by atoms with Gasteiger partial charge >= 0.3 is 5.15 Å². The van der Waals surface area contributed by atoms with E-state index >= 15 is 0 Å². The number of nitriles is 1. The number of nitrogen functional groups attached to an aromatic ring is 1. The van der Waals surface area contributed by atoms with E-state index in [4.69, 9.17) is 22.7 Å². The second-order valence-corrected chi connectivity index (χ2v) is 2.43. The molecule has 0 aromatic carbocycles. The second-order valence-electron chi connectivity index (χ2n) is 2.04. The molecule has 1 rings (SSSR count). The molecule has 0 aliphatic heterocycles. The summed E-state index contributed by atoms with van der Waals surface area (Å²) in [5.74, 6) is 5.50. The number of rotatable bonds is 1. The zero-order valence-electron chi connectivity index (χ0n) is 5.79. The normalized spacial score (nSPS) is 9.09. The third-order valence-electron chi connectivity index (χ3n) is 1.32. The quantitative estimate of drug-likeness (QED) is 0.375. The van der Waals surface area contributed by atoms with E-state index < -0.39 is 0 Å². The Bertz CT molecular complexity index is 303. The molecule has 0 saturated carbocycles. The van der Waals surface area contributed by atoms with Gasteiger partial charge in [0.1, 0.15) is 6.42 Å². The van der Waals surface area contributed by atoms with Crippen LogP contribution in [-0.2, 0) is 6.42 Å². The van der Waals surface area contributed by atoms with Crippen LogP contribution in [0, 0.1) is 11.3 Å². The number of hydrogen-bond donors (Lipinski definition) is 1. The van der Waals surface area contributed by atoms with Crippen LogP contribution >= 0.6 is 11.6 Å². The fourth-order valence-electron chi connectivity index (χ4n) is 0.761. The van der Waals surface area contributed by atoms with Crippen molar-refractivity contribution in [1.82, 2.24) is 0 Å². The highest BCUT2D eigenvalue weighted by atomic mass is 35.5. The van der Waals surface area contributed by atoms with Gasteiger partial charge in [0.25, 0.3) is 0 Å². The maximum absolute atomic E-state index is 8.37. The predicted molar refractivity (Wildman–Crippen MR) is 41.1 cm³/mol. The number of pyridine rings is 1. The van der Waals surface area contributed by atoms with E-state index in [-0.39, 0.29) is 6.42 Å². The third-order valence-corrected chi connectivity index (χ3v) is 1.63. The van der Waals surface area contributed by atoms with Crippen LogP contribution in [0.3, 0.4) is 0 Å². The maximum atomic E-state index is 8.37. The first-order valence-corrected chi connectivity index (χ1v) is 3.45. The van der Waals surface area contributed by atoms with Gasteiger partial charge in [0.05, 0.1) is 6.07 Å². The summed E-state index contributed by atoms with van der Waals surface area (Å²) in [6.45, 7) is 0. The van der Waals surface area contributed by atoms with E-state index in [1.165, 1.54) is 4.68 Å². The Morgan fingerprint density at radius 1 is 1.64 bits per heavy atom. The molecule has 0 saturated heterocycles. The molecule has 1 aromatic heterocycles. The van der Waals surface area contributed by atoms with Crippen LogP contribution in [0.15, 0.2) is 18.2 Å². The van der Waals surface area contributed by atoms with E-state index in [2.05, 4.69) is 0 Å². The van der Waals surface area contributed by atoms with Crippen LogP contribution in [0.5, 0.6) is 0 Å². The fraction of sp³-hybridized carbons (Fsp3) is 0.143. The molecule has 3 nitrogen and oxygen atoms in total. The van der Waals surface area contributed by atoms with Crippen molar-refractivity contribution in [3.05, 3.63) is 29.0 Å². The molecule has 0 atom stereocenters. The zero-order chi connectivity index (χ0) is 8.27. The van der Waals surface area contributed by atoms with Crippen molar-refractivity contribution in [3.63, 3.8) is 0 Å². The lowest BCUT2D eigenvalue weighted by Gasteiger charge is -1.93. The van der Waals surface area contributed by atoms with Crippen LogP contribution in [0.4, 0.5) is 0 Å². The van der Waals surface area contributed by atoms with Crippen molar-refractivity contribution >= 4 is 11.6 Å². The van der Waals surface area contributed by atoms with Crippen molar-refractivity contribution in [1.29, 1.82) is 5.26 Å². The molecule has 0 fully saturated rings. The first-order chi connectivity index (χ1) is 5.25. The highest BCUT2D eigenvalue weighted by molar-refractivity contribution is 6.28. The van der Waals surface area contributed by atoms with Gasteiger partial charge in [0.15, 0.2) is 0 Å². The summed E-state index contributed by atoms with van der Waals surface area (Å²) in [6, 6.07) is 7.18. The van der Waals surface area contributed by atoms with Crippen LogP contribution in [0.1, 0.15) is 5.69 Å². The SMILES string of the molecule is N#CCc1cccc(Cl)[n+]1N. The Hall–Kier alpha value is -1.27. The Morgan fingerprint density at radius 3 is 3.00 bits per heavy atom. The topological polar surface area (TPSA) is 53.7 Å². The molecule has 0 unspecified atom stereocenters. The molecule has 2 N–H and O–H groups in total. The summed E-state index contributed by atoms with van der Waals surface area (Å²) in [7, 11) is 0. The molecule has 4 heteroatoms. The van der Waals surface area contributed by atoms with Crippen molar-refractivity contribution in [2.24, 2.45) is 0 Å². The largest absolute Gasteiger partial charge is 0.303 e. The molecule has 0 radical (unpaired) electrons. The summed E-state index contributed by atoms with van der Waals surface area (Å²) in [5.41, 5.74) is 0.708. The second kappa shape index (κ2) is 3.22. The van der Waals surface area contributed by atoms with E-state index in [0.717, 1.165) is 0 Å². The van der Waals surface area contributed by atoms with Gasteiger partial charge in [-0.05, 0) is 17.7 Å². The molecule has 11 heavy (non-hydrogen) atoms. The van der Waals surface area contributed by atoms with Crippen LogP contribution in [-0.4, -0.2) is 0 Å². The first-order valence-electron chi connectivity index (χ1n) is 3.07. The minimum absolute atomic E-state index is 0.275. The van der Waals surface area contributed by atoms with Gasteiger partial charge in [-0.15, -0.1) is 0 Å². The summed E-state index contributed by atoms with van der Waals surface area (Å²) >= 11 is 5.68. The summed E-state index contributed by atoms with van der Waals surface area (Å²) in [4.78, 5) is 0. The molecular weight excluding hydrogens is 162 g/mol. The molecule has 56 valence electrons. The van der Waals surface area contributed by atoms with Crippen LogP contribution < -0.4 is 10.5 Å². The molecule has 0 amide bonds. The Kier molecular flexibility index (Phi) is 2.29. The molecule has 1 heterocycles. The molecule has 1 aromatic rings. The van der Waals surface area contributed by atoms with Crippen molar-refractivity contribution in [2.45, 2.75) is 6.42 Å². The lowest BCUT2D eigenvalue weighted by atomic mass is 10.3. The smallest absolute Gasteiger partial charge is 0.204 e. The number of nitrogens with two attached hydrogens (primary N) is 1. The average molecular weight is 169 g/mol. The minimum atomic E-state index is 0.275. The standard InChI is InChI=1S/C7H7ClN3/c8-7-3-1-2-6(4-5-9)11(7)10/h1-3H,4,10H2/q+1. The number of hydrogen-bond acceptors (Lipinski definition) is 2. The Balaban J connectivity index is 3.08. The first kappa shape index (κ1) is 7.83. The maximum Gasteiger partial charge on any atom is 0.303 e. The monoisotopic (exact) mass is 168 g/mol. The fourth-order valence-corrected chi connectivity index (χ4v) is 0.943. The molecule has 0 aliphatic rings. The van der Waals surface area contributed by atoms with E-state index in [9.17, 15) is 0 Å². The highest BCUT2D eigenvalue weighted by Crippen LogP contribution is 2.00. The summed E-state index contributed by atoms with van der Waals surface area (Å²) in [6.07, 6.45) is 0.275. The van der Waals surface area contributed by atoms with Gasteiger partial charge in [-0.1, -0.05) is 4.68 Å². The van der Waals surface area contributed by atoms with Gasteiger partial charge in [-0.2, -0.15) is 5.26 Å². The van der Waals surface area contributed by atoms with Gasteiger partial charge < -0.3 is 0 Å². The summed E-state index contributed by atoms with van der Waals surface area (Å²) < 4.78 is 1.30. The molecule has 0 aliphatic carbocycles. The molecule has 0 bridgehead atoms. The number of halogens is 1. The zero-order valence-corrected chi connectivity index (χ0v) is 6.54. The van der Waals surface area contributed by atoms with Gasteiger partial charge in [0.2, 0.25) is 5.69 Å². The van der Waals surface area contributed by atoms with Gasteiger partial charge in [-0.25, -0.2) is 5.84 Å². The third kappa shape index (κ3) is 1.60.